The summed E-state index contributed by atoms with van der Waals surface area (Å²) in [7, 11) is 4.81. The summed E-state index contributed by atoms with van der Waals surface area (Å²) >= 11 is 0. The molecule has 0 aliphatic carbocycles. The van der Waals surface area contributed by atoms with Crippen molar-refractivity contribution >= 4 is 0 Å². The maximum Gasteiger partial charge on any atom is 0.102 e. The van der Waals surface area contributed by atoms with Gasteiger partial charge in [0.25, 0.3) is 0 Å². The Balaban J connectivity index is 0.00000364. The highest BCUT2D eigenvalue weighted by Crippen LogP contribution is 2.15. The molecule has 0 atom stereocenters. The van der Waals surface area contributed by atoms with Crippen LogP contribution in [0.25, 0.3) is 0 Å². The third-order valence-electron chi connectivity index (χ3n) is 6.75. The van der Waals surface area contributed by atoms with Crippen molar-refractivity contribution in [1.82, 2.24) is 0 Å². The Hall–Kier alpha value is 1.30. The van der Waals surface area contributed by atoms with Crippen LogP contribution in [0, 0.1) is 0 Å². The van der Waals surface area contributed by atoms with Crippen molar-refractivity contribution in [2.45, 2.75) is 64.2 Å². The molecule has 4 nitrogen and oxygen atoms in total. The Labute approximate surface area is 209 Å². The highest BCUT2D eigenvalue weighted by atomic mass is 127. The van der Waals surface area contributed by atoms with Crippen LogP contribution in [0.1, 0.15) is 64.2 Å². The van der Waals surface area contributed by atoms with Crippen LogP contribution < -0.4 is 48.0 Å². The van der Waals surface area contributed by atoms with Crippen molar-refractivity contribution in [3.63, 3.8) is 0 Å². The molecule has 0 spiro atoms. The highest BCUT2D eigenvalue weighted by molar-refractivity contribution is 4.52. The van der Waals surface area contributed by atoms with Gasteiger partial charge in [0.2, 0.25) is 0 Å². The lowest BCUT2D eigenvalue weighted by Gasteiger charge is -2.37. The number of ether oxygens (including phenoxy) is 2. The quantitative estimate of drug-likeness (QED) is 0.132. The van der Waals surface area contributed by atoms with E-state index in [4.69, 9.17) is 9.47 Å². The molecule has 2 rings (SSSR count). The first-order chi connectivity index (χ1) is 12.6. The number of rotatable bonds is 13. The molecule has 0 saturated carbocycles. The van der Waals surface area contributed by atoms with Gasteiger partial charge in [-0.2, -0.15) is 0 Å². The van der Waals surface area contributed by atoms with Crippen LogP contribution in [0.3, 0.4) is 0 Å². The first kappa shape index (κ1) is 29.3. The Kier molecular flexibility index (Phi) is 17.7. The van der Waals surface area contributed by atoms with E-state index in [1.165, 1.54) is 112 Å². The molecule has 0 amide bonds. The Morgan fingerprint density at radius 2 is 0.714 bits per heavy atom. The first-order valence-electron chi connectivity index (χ1n) is 11.4. The molecular weight excluding hydrogens is 578 g/mol. The summed E-state index contributed by atoms with van der Waals surface area (Å²) in [6.45, 7) is 11.4. The van der Waals surface area contributed by atoms with E-state index in [0.29, 0.717) is 0 Å². The van der Waals surface area contributed by atoms with Crippen LogP contribution in [0.4, 0.5) is 0 Å². The average molecular weight is 624 g/mol. The topological polar surface area (TPSA) is 18.5 Å². The molecule has 2 aliphatic rings. The summed E-state index contributed by atoms with van der Waals surface area (Å²) in [5, 5.41) is 0. The molecule has 6 heteroatoms. The van der Waals surface area contributed by atoms with Gasteiger partial charge in [-0.1, -0.05) is 38.5 Å². The van der Waals surface area contributed by atoms with Crippen LogP contribution in [0.2, 0.25) is 0 Å². The molecule has 2 saturated heterocycles. The smallest absolute Gasteiger partial charge is 0.102 e. The Morgan fingerprint density at radius 3 is 1.00 bits per heavy atom. The van der Waals surface area contributed by atoms with E-state index in [9.17, 15) is 0 Å². The van der Waals surface area contributed by atoms with Gasteiger partial charge < -0.3 is 66.4 Å². The average Bonchev–Trinajstić information content (AvgIpc) is 2.64. The fourth-order valence-corrected chi connectivity index (χ4v) is 4.42. The van der Waals surface area contributed by atoms with Crippen molar-refractivity contribution in [2.75, 3.05) is 79.8 Å². The monoisotopic (exact) mass is 624 g/mol. The van der Waals surface area contributed by atoms with Gasteiger partial charge in [-0.3, -0.25) is 0 Å². The van der Waals surface area contributed by atoms with E-state index in [1.807, 2.05) is 0 Å². The standard InChI is InChI=1S/C22H46N2O2.2HI/c1-23(15-19-25-20-16-23)13-11-9-7-5-3-4-6-8-10-12-14-24(2)17-21-26-22-18-24;;/h3-22H2,1-2H3;2*1H/q+2;;/p-2. The van der Waals surface area contributed by atoms with Crippen LogP contribution in [0.15, 0.2) is 0 Å². The zero-order valence-electron chi connectivity index (χ0n) is 18.6. The van der Waals surface area contributed by atoms with Crippen LogP contribution in [0.5, 0.6) is 0 Å². The summed E-state index contributed by atoms with van der Waals surface area (Å²) in [6, 6.07) is 0. The summed E-state index contributed by atoms with van der Waals surface area (Å²) in [4.78, 5) is 0. The maximum atomic E-state index is 5.49. The molecule has 0 radical (unpaired) electrons. The van der Waals surface area contributed by atoms with Crippen molar-refractivity contribution < 1.29 is 66.4 Å². The molecule has 0 aromatic heterocycles. The lowest BCUT2D eigenvalue weighted by atomic mass is 10.1. The normalized spacial score (nSPS) is 20.8. The number of hydrogen-bond donors (Lipinski definition) is 0. The van der Waals surface area contributed by atoms with E-state index < -0.39 is 0 Å². The van der Waals surface area contributed by atoms with E-state index >= 15 is 0 Å². The molecule has 170 valence electrons. The predicted molar refractivity (Wildman–Crippen MR) is 109 cm³/mol. The van der Waals surface area contributed by atoms with Crippen molar-refractivity contribution in [2.24, 2.45) is 0 Å². The van der Waals surface area contributed by atoms with Crippen LogP contribution in [-0.4, -0.2) is 88.8 Å². The second-order valence-corrected chi connectivity index (χ2v) is 9.34. The fraction of sp³-hybridized carbons (Fsp3) is 1.00. The van der Waals surface area contributed by atoms with Gasteiger partial charge >= 0.3 is 0 Å². The summed E-state index contributed by atoms with van der Waals surface area (Å²) in [5.74, 6) is 0. The maximum absolute atomic E-state index is 5.49. The molecule has 0 unspecified atom stereocenters. The van der Waals surface area contributed by atoms with E-state index in [-0.39, 0.29) is 48.0 Å². The largest absolute Gasteiger partial charge is 1.00 e. The fourth-order valence-electron chi connectivity index (χ4n) is 4.42. The van der Waals surface area contributed by atoms with E-state index in [0.717, 1.165) is 26.4 Å². The van der Waals surface area contributed by atoms with Crippen molar-refractivity contribution in [3.8, 4) is 0 Å². The number of quaternary nitrogens is 2. The zero-order valence-corrected chi connectivity index (χ0v) is 22.9. The van der Waals surface area contributed by atoms with E-state index in [2.05, 4.69) is 14.1 Å². The first-order valence-corrected chi connectivity index (χ1v) is 11.4. The number of halogens is 2. The molecule has 0 aromatic rings. The number of unbranched alkanes of at least 4 members (excludes halogenated alkanes) is 9. The zero-order chi connectivity index (χ0) is 18.6. The second kappa shape index (κ2) is 16.9. The van der Waals surface area contributed by atoms with Crippen LogP contribution in [-0.2, 0) is 9.47 Å². The molecule has 0 aromatic carbocycles. The van der Waals surface area contributed by atoms with Crippen LogP contribution >= 0.6 is 0 Å². The molecule has 0 N–H and O–H groups in total. The molecule has 0 bridgehead atoms. The van der Waals surface area contributed by atoms with Gasteiger partial charge in [-0.05, 0) is 25.7 Å². The summed E-state index contributed by atoms with van der Waals surface area (Å²) in [6.07, 6.45) is 14.3. The van der Waals surface area contributed by atoms with Gasteiger partial charge in [-0.15, -0.1) is 0 Å². The van der Waals surface area contributed by atoms with Gasteiger partial charge in [0.05, 0.1) is 53.6 Å². The minimum Gasteiger partial charge on any atom is -1.00 e. The third-order valence-corrected chi connectivity index (χ3v) is 6.75. The lowest BCUT2D eigenvalue weighted by molar-refractivity contribution is -0.917. The summed E-state index contributed by atoms with van der Waals surface area (Å²) < 4.78 is 13.5. The number of likely N-dealkylation sites (N-methyl/N-ethyl adjacent to an activating group) is 2. The van der Waals surface area contributed by atoms with E-state index in [1.54, 1.807) is 0 Å². The molecule has 2 aliphatic heterocycles. The molecule has 2 fully saturated rings. The predicted octanol–water partition coefficient (Wildman–Crippen LogP) is -2.15. The lowest BCUT2D eigenvalue weighted by Crippen LogP contribution is -3.00. The minimum atomic E-state index is 0. The summed E-state index contributed by atoms with van der Waals surface area (Å²) in [5.41, 5.74) is 0. The molecular formula is C22H46I2N2O2. The van der Waals surface area contributed by atoms with Gasteiger partial charge in [-0.25, -0.2) is 0 Å². The highest BCUT2D eigenvalue weighted by Gasteiger charge is 2.25. The van der Waals surface area contributed by atoms with Crippen molar-refractivity contribution in [3.05, 3.63) is 0 Å². The number of nitrogens with zero attached hydrogens (tertiary/aromatic N) is 2. The molecule has 28 heavy (non-hydrogen) atoms. The van der Waals surface area contributed by atoms with Crippen molar-refractivity contribution in [1.29, 1.82) is 0 Å². The third kappa shape index (κ3) is 12.9. The molecule has 2 heterocycles. The SMILES string of the molecule is C[N+]1(CCCCCCCCCCCC[N+]2(C)CCOCC2)CCOCC1.[I-].[I-]. The number of morpholine rings is 2. The second-order valence-electron chi connectivity index (χ2n) is 9.34. The van der Waals surface area contributed by atoms with Gasteiger partial charge in [0, 0.05) is 0 Å². The number of hydrogen-bond acceptors (Lipinski definition) is 2. The Bertz CT molecular complexity index is 326. The minimum absolute atomic E-state index is 0. The van der Waals surface area contributed by atoms with Gasteiger partial charge in [0.15, 0.2) is 0 Å². The Morgan fingerprint density at radius 1 is 0.464 bits per heavy atom. The van der Waals surface area contributed by atoms with Gasteiger partial charge in [0.1, 0.15) is 26.2 Å².